The zero-order chi connectivity index (χ0) is 28.0. The van der Waals surface area contributed by atoms with Gasteiger partial charge < -0.3 is 29.7 Å². The zero-order valence-electron chi connectivity index (χ0n) is 22.4. The van der Waals surface area contributed by atoms with Gasteiger partial charge in [0.1, 0.15) is 0 Å². The summed E-state index contributed by atoms with van der Waals surface area (Å²) < 4.78 is 12.0. The Labute approximate surface area is 248 Å². The van der Waals surface area contributed by atoms with E-state index in [9.17, 15) is 33.9 Å². The van der Waals surface area contributed by atoms with E-state index < -0.39 is 45.0 Å². The first-order valence-corrected chi connectivity index (χ1v) is 12.0. The Kier molecular flexibility index (Phi) is 19.1. The van der Waals surface area contributed by atoms with Crippen LogP contribution in [0.1, 0.15) is 62.3 Å². The molecule has 2 aromatic rings. The van der Waals surface area contributed by atoms with Crippen molar-refractivity contribution in [3.05, 3.63) is 60.7 Å². The summed E-state index contributed by atoms with van der Waals surface area (Å²) in [7, 11) is -1.05. The Morgan fingerprint density at radius 1 is 0.528 bits per heavy atom. The van der Waals surface area contributed by atoms with Crippen LogP contribution in [0, 0.1) is 54.9 Å². The largest absolute Gasteiger partial charge is 3.00 e. The number of carboxylic acid groups (broad SMARTS) is 3. The van der Waals surface area contributed by atoms with Crippen LogP contribution in [-0.2, 0) is 25.2 Å². The second kappa shape index (κ2) is 17.7. The third kappa shape index (κ3) is 19.5. The maximum Gasteiger partial charge on any atom is 3.00 e. The average molecular weight is 665 g/mol. The summed E-state index contributed by atoms with van der Waals surface area (Å²) >= 11 is 0. The first kappa shape index (κ1) is 38.8. The van der Waals surface area contributed by atoms with Gasteiger partial charge in [0.2, 0.25) is 0 Å². The summed E-state index contributed by atoms with van der Waals surface area (Å²) in [6.07, 6.45) is 0. The first-order valence-electron chi connectivity index (χ1n) is 10.9. The van der Waals surface area contributed by atoms with E-state index in [1.54, 1.807) is 62.3 Å². The fourth-order valence-corrected chi connectivity index (χ4v) is 2.31. The molecule has 2 aromatic carbocycles. The molecule has 2 rings (SSSR count). The van der Waals surface area contributed by atoms with Gasteiger partial charge in [-0.25, -0.2) is 4.21 Å². The molecular weight excluding hydrogens is 627 g/mol. The molecule has 0 aliphatic heterocycles. The monoisotopic (exact) mass is 664 g/mol. The van der Waals surface area contributed by atoms with Crippen LogP contribution in [0.25, 0.3) is 0 Å². The summed E-state index contributed by atoms with van der Waals surface area (Å²) in [5.74, 6) is -3.02. The molecule has 0 spiro atoms. The van der Waals surface area contributed by atoms with Crippen molar-refractivity contribution in [3.8, 4) is 0 Å². The van der Waals surface area contributed by atoms with Gasteiger partial charge in [-0.05, 0) is 24.3 Å². The zero-order valence-corrected chi connectivity index (χ0v) is 25.3. The van der Waals surface area contributed by atoms with Gasteiger partial charge in [-0.1, -0.05) is 98.7 Å². The summed E-state index contributed by atoms with van der Waals surface area (Å²) in [4.78, 5) is 31.4. The smallest absolute Gasteiger partial charge is 0.550 e. The van der Waals surface area contributed by atoms with Crippen LogP contribution in [-0.4, -0.2) is 22.1 Å². The molecule has 0 saturated heterocycles. The Balaban J connectivity index is -0.000000430. The maximum absolute atomic E-state index is 12.0. The van der Waals surface area contributed by atoms with Gasteiger partial charge in [0, 0.05) is 43.9 Å². The number of carbonyl (C=O) groups is 3. The third-order valence-corrected chi connectivity index (χ3v) is 5.15. The van der Waals surface area contributed by atoms with E-state index in [4.69, 9.17) is 0 Å². The van der Waals surface area contributed by atoms with Gasteiger partial charge in [-0.15, -0.1) is 0 Å². The molecule has 0 fully saturated rings. The molecule has 202 valence electrons. The van der Waals surface area contributed by atoms with Crippen molar-refractivity contribution in [2.24, 2.45) is 16.2 Å². The molecule has 0 N–H and O–H groups in total. The van der Waals surface area contributed by atoms with Crippen molar-refractivity contribution in [2.45, 2.75) is 72.1 Å². The minimum Gasteiger partial charge on any atom is -0.550 e. The number of carbonyl (C=O) groups excluding carboxylic acids is 3. The second-order valence-corrected chi connectivity index (χ2v) is 12.0. The summed E-state index contributed by atoms with van der Waals surface area (Å²) in [5, 5.41) is 29.7. The normalized spacial score (nSPS) is 10.6. The fourth-order valence-electron chi connectivity index (χ4n) is 1.22. The van der Waals surface area contributed by atoms with Crippen molar-refractivity contribution in [1.29, 1.82) is 0 Å². The Morgan fingerprint density at radius 3 is 0.833 bits per heavy atom. The molecule has 9 heteroatoms. The predicted molar refractivity (Wildman–Crippen MR) is 131 cm³/mol. The average Bonchev–Trinajstić information content (AvgIpc) is 2.74. The summed E-state index contributed by atoms with van der Waals surface area (Å²) in [6, 6.07) is 19.0. The summed E-state index contributed by atoms with van der Waals surface area (Å²) in [5.41, 5.74) is -2.08. The molecule has 0 amide bonds. The molecule has 7 nitrogen and oxygen atoms in total. The van der Waals surface area contributed by atoms with Crippen molar-refractivity contribution in [2.75, 3.05) is 0 Å². The third-order valence-electron chi connectivity index (χ3n) is 3.75. The van der Waals surface area contributed by atoms with Gasteiger partial charge in [0.25, 0.3) is 0 Å². The molecule has 0 heterocycles. The van der Waals surface area contributed by atoms with Crippen molar-refractivity contribution in [1.82, 2.24) is 0 Å². The van der Waals surface area contributed by atoms with Crippen molar-refractivity contribution < 1.29 is 72.5 Å². The van der Waals surface area contributed by atoms with Gasteiger partial charge in [0.05, 0.1) is 10.8 Å². The van der Waals surface area contributed by atoms with Crippen LogP contribution in [0.2, 0.25) is 0 Å². The molecular formula is C27H37O7STb. The number of rotatable bonds is 2. The van der Waals surface area contributed by atoms with Crippen LogP contribution in [0.3, 0.4) is 0 Å². The summed E-state index contributed by atoms with van der Waals surface area (Å²) in [6.45, 7) is 14.4. The topological polar surface area (TPSA) is 137 Å². The van der Waals surface area contributed by atoms with Gasteiger partial charge in [-0.3, -0.25) is 0 Å². The van der Waals surface area contributed by atoms with Gasteiger partial charge in [0.15, 0.2) is 0 Å². The van der Waals surface area contributed by atoms with Crippen LogP contribution in [0.4, 0.5) is 0 Å². The molecule has 0 bridgehead atoms. The van der Waals surface area contributed by atoms with Crippen LogP contribution in [0.15, 0.2) is 70.5 Å². The van der Waals surface area contributed by atoms with E-state index in [1.807, 2.05) is 60.7 Å². The van der Waals surface area contributed by atoms with E-state index in [1.165, 1.54) is 0 Å². The number of hydrogen-bond donors (Lipinski definition) is 0. The van der Waals surface area contributed by atoms with Gasteiger partial charge >= 0.3 is 38.6 Å². The molecule has 36 heavy (non-hydrogen) atoms. The van der Waals surface area contributed by atoms with E-state index in [-0.39, 0.29) is 38.6 Å². The van der Waals surface area contributed by atoms with Crippen molar-refractivity contribution >= 4 is 28.7 Å². The molecule has 0 aliphatic rings. The minimum atomic E-state index is -1.05. The molecule has 0 aromatic heterocycles. The Morgan fingerprint density at radius 2 is 0.694 bits per heavy atom. The molecule has 0 aliphatic carbocycles. The predicted octanol–water partition coefficient (Wildman–Crippen LogP) is 2.20. The number of aliphatic carboxylic acids is 3. The molecule has 0 saturated carbocycles. The Bertz CT molecular complexity index is 842. The van der Waals surface area contributed by atoms with Crippen molar-refractivity contribution in [3.63, 3.8) is 0 Å². The fraction of sp³-hybridized carbons (Fsp3) is 0.444. The number of carboxylic acids is 3. The standard InChI is InChI=1S/C12H10OS.3C5H10O2.Tb/c13-14(11-7-3-1-4-8-11)12-9-5-2-6-10-12;3*1-5(2,3)4(6)7;/h1-10H;3*1-3H3,(H,6,7);/q;;;;+3/p-3. The quantitative estimate of drug-likeness (QED) is 0.480. The molecule has 0 radical (unpaired) electrons. The van der Waals surface area contributed by atoms with E-state index in [0.717, 1.165) is 9.79 Å². The maximum atomic E-state index is 12.0. The van der Waals surface area contributed by atoms with E-state index in [2.05, 4.69) is 0 Å². The van der Waals surface area contributed by atoms with Gasteiger partial charge in [-0.2, -0.15) is 0 Å². The second-order valence-electron chi connectivity index (χ2n) is 10.5. The van der Waals surface area contributed by atoms with E-state index >= 15 is 0 Å². The number of benzene rings is 2. The van der Waals surface area contributed by atoms with E-state index in [0.29, 0.717) is 0 Å². The SMILES string of the molecule is CC(C)(C)C(=O)[O-].CC(C)(C)C(=O)[O-].CC(C)(C)C(=O)[O-].O=S(c1ccccc1)c1ccccc1.[Tb+3]. The minimum absolute atomic E-state index is 0. The Hall–Kier alpha value is -1.71. The number of hydrogen-bond acceptors (Lipinski definition) is 7. The van der Waals surface area contributed by atoms with Crippen LogP contribution in [0.5, 0.6) is 0 Å². The molecule has 0 atom stereocenters. The first-order chi connectivity index (χ1) is 15.7. The van der Waals surface area contributed by atoms with Crippen LogP contribution < -0.4 is 15.3 Å². The molecule has 0 unspecified atom stereocenters. The van der Waals surface area contributed by atoms with Crippen LogP contribution >= 0.6 is 0 Å².